The summed E-state index contributed by atoms with van der Waals surface area (Å²) in [7, 11) is 1.49. The number of fused-ring (bicyclic) bond motifs is 1. The first kappa shape index (κ1) is 10.8. The summed E-state index contributed by atoms with van der Waals surface area (Å²) in [6.45, 7) is 0.224. The number of halogens is 1. The van der Waals surface area contributed by atoms with E-state index in [1.54, 1.807) is 18.2 Å². The van der Waals surface area contributed by atoms with Gasteiger partial charge in [0.1, 0.15) is 5.82 Å². The van der Waals surface area contributed by atoms with Crippen LogP contribution in [0.2, 0.25) is 5.02 Å². The number of imidazole rings is 1. The summed E-state index contributed by atoms with van der Waals surface area (Å²) in [6.07, 6.45) is -0.988. The van der Waals surface area contributed by atoms with Crippen LogP contribution in [0.4, 0.5) is 4.79 Å². The van der Waals surface area contributed by atoms with Gasteiger partial charge in [-0.2, -0.15) is 0 Å². The zero-order valence-electron chi connectivity index (χ0n) is 8.57. The molecule has 1 aromatic carbocycles. The Morgan fingerprint density at radius 3 is 3.06 bits per heavy atom. The number of amides is 1. The van der Waals surface area contributed by atoms with Crippen LogP contribution < -0.4 is 0 Å². The Labute approximate surface area is 96.7 Å². The largest absolute Gasteiger partial charge is 0.465 e. The number of benzene rings is 1. The smallest absolute Gasteiger partial charge is 0.407 e. The van der Waals surface area contributed by atoms with E-state index in [0.29, 0.717) is 10.8 Å². The van der Waals surface area contributed by atoms with Crippen LogP contribution in [0.15, 0.2) is 18.2 Å². The molecule has 2 rings (SSSR count). The molecule has 84 valence electrons. The first-order valence-corrected chi connectivity index (χ1v) is 5.02. The molecule has 6 heteroatoms. The maximum Gasteiger partial charge on any atom is 0.407 e. The predicted molar refractivity (Wildman–Crippen MR) is 60.6 cm³/mol. The number of nitrogens with one attached hydrogen (secondary N) is 1. The molecule has 1 aromatic heterocycles. The highest BCUT2D eigenvalue weighted by atomic mass is 35.5. The molecule has 0 radical (unpaired) electrons. The molecule has 0 fully saturated rings. The second-order valence-corrected chi connectivity index (χ2v) is 3.92. The standard InChI is InChI=1S/C10H10ClN3O2/c1-14(10(15)16)5-9-12-7-3-2-6(11)4-8(7)13-9/h2-4H,5H2,1H3,(H,12,13)(H,15,16). The predicted octanol–water partition coefficient (Wildman–Crippen LogP) is 2.33. The number of nitrogens with zero attached hydrogens (tertiary/aromatic N) is 2. The summed E-state index contributed by atoms with van der Waals surface area (Å²) in [5.41, 5.74) is 1.58. The van der Waals surface area contributed by atoms with Crippen LogP contribution in [0.25, 0.3) is 11.0 Å². The van der Waals surface area contributed by atoms with Gasteiger partial charge in [-0.3, -0.25) is 0 Å². The fourth-order valence-corrected chi connectivity index (χ4v) is 1.57. The van der Waals surface area contributed by atoms with Crippen molar-refractivity contribution in [1.29, 1.82) is 0 Å². The minimum Gasteiger partial charge on any atom is -0.465 e. The minimum atomic E-state index is -0.988. The summed E-state index contributed by atoms with van der Waals surface area (Å²) in [5, 5.41) is 9.35. The van der Waals surface area contributed by atoms with Gasteiger partial charge < -0.3 is 15.0 Å². The maximum absolute atomic E-state index is 10.6. The fourth-order valence-electron chi connectivity index (χ4n) is 1.40. The summed E-state index contributed by atoms with van der Waals surface area (Å²) in [4.78, 5) is 19.1. The van der Waals surface area contributed by atoms with Gasteiger partial charge in [-0.05, 0) is 18.2 Å². The van der Waals surface area contributed by atoms with Gasteiger partial charge in [0.05, 0.1) is 17.6 Å². The molecule has 2 N–H and O–H groups in total. The Balaban J connectivity index is 2.29. The lowest BCUT2D eigenvalue weighted by atomic mass is 10.3. The molecule has 0 atom stereocenters. The Hall–Kier alpha value is -1.75. The normalized spacial score (nSPS) is 10.6. The van der Waals surface area contributed by atoms with Gasteiger partial charge >= 0.3 is 6.09 Å². The molecule has 2 aromatic rings. The molecule has 16 heavy (non-hydrogen) atoms. The van der Waals surface area contributed by atoms with Crippen LogP contribution in [-0.2, 0) is 6.54 Å². The van der Waals surface area contributed by atoms with E-state index < -0.39 is 6.09 Å². The molecule has 0 spiro atoms. The topological polar surface area (TPSA) is 69.2 Å². The van der Waals surface area contributed by atoms with E-state index in [0.717, 1.165) is 15.9 Å². The third-order valence-electron chi connectivity index (χ3n) is 2.21. The molecule has 1 amide bonds. The fraction of sp³-hybridized carbons (Fsp3) is 0.200. The lowest BCUT2D eigenvalue weighted by Gasteiger charge is -2.09. The maximum atomic E-state index is 10.6. The molecule has 0 aliphatic heterocycles. The van der Waals surface area contributed by atoms with Crippen molar-refractivity contribution in [2.24, 2.45) is 0 Å². The molecular formula is C10H10ClN3O2. The van der Waals surface area contributed by atoms with Crippen molar-refractivity contribution < 1.29 is 9.90 Å². The Kier molecular flexibility index (Phi) is 2.70. The number of rotatable bonds is 2. The molecule has 0 aliphatic carbocycles. The zero-order chi connectivity index (χ0) is 11.7. The number of hydrogen-bond donors (Lipinski definition) is 2. The highest BCUT2D eigenvalue weighted by Gasteiger charge is 2.09. The van der Waals surface area contributed by atoms with Gasteiger partial charge in [-0.15, -0.1) is 0 Å². The van der Waals surface area contributed by atoms with Crippen molar-refractivity contribution in [3.05, 3.63) is 29.0 Å². The van der Waals surface area contributed by atoms with Gasteiger partial charge in [0, 0.05) is 12.1 Å². The summed E-state index contributed by atoms with van der Waals surface area (Å²) in [6, 6.07) is 5.29. The lowest BCUT2D eigenvalue weighted by molar-refractivity contribution is 0.153. The van der Waals surface area contributed by atoms with E-state index >= 15 is 0 Å². The Morgan fingerprint density at radius 1 is 1.62 bits per heavy atom. The van der Waals surface area contributed by atoms with Gasteiger partial charge in [0.15, 0.2) is 0 Å². The molecule has 0 saturated heterocycles. The molecule has 5 nitrogen and oxygen atoms in total. The number of H-pyrrole nitrogens is 1. The van der Waals surface area contributed by atoms with Crippen molar-refractivity contribution in [3.8, 4) is 0 Å². The number of hydrogen-bond acceptors (Lipinski definition) is 2. The van der Waals surface area contributed by atoms with E-state index in [1.807, 2.05) is 0 Å². The van der Waals surface area contributed by atoms with E-state index in [2.05, 4.69) is 9.97 Å². The zero-order valence-corrected chi connectivity index (χ0v) is 9.32. The van der Waals surface area contributed by atoms with Crippen molar-refractivity contribution in [2.75, 3.05) is 7.05 Å². The van der Waals surface area contributed by atoms with Gasteiger partial charge in [-0.25, -0.2) is 9.78 Å². The summed E-state index contributed by atoms with van der Waals surface area (Å²) >= 11 is 5.83. The van der Waals surface area contributed by atoms with Crippen LogP contribution in [-0.4, -0.2) is 33.1 Å². The van der Waals surface area contributed by atoms with Crippen molar-refractivity contribution >= 4 is 28.7 Å². The molecule has 0 unspecified atom stereocenters. The second-order valence-electron chi connectivity index (χ2n) is 3.48. The van der Waals surface area contributed by atoms with E-state index in [1.165, 1.54) is 7.05 Å². The Bertz CT molecular complexity index is 538. The summed E-state index contributed by atoms with van der Waals surface area (Å²) < 4.78 is 0. The highest BCUT2D eigenvalue weighted by molar-refractivity contribution is 6.31. The molecule has 0 saturated carbocycles. The van der Waals surface area contributed by atoms with Crippen LogP contribution in [0.3, 0.4) is 0 Å². The van der Waals surface area contributed by atoms with E-state index in [4.69, 9.17) is 16.7 Å². The lowest BCUT2D eigenvalue weighted by Crippen LogP contribution is -2.24. The van der Waals surface area contributed by atoms with Crippen molar-refractivity contribution in [3.63, 3.8) is 0 Å². The number of carboxylic acid groups (broad SMARTS) is 1. The Morgan fingerprint density at radius 2 is 2.38 bits per heavy atom. The van der Waals surface area contributed by atoms with Crippen LogP contribution in [0.1, 0.15) is 5.82 Å². The first-order chi connectivity index (χ1) is 7.56. The molecule has 0 aliphatic rings. The van der Waals surface area contributed by atoms with Crippen molar-refractivity contribution in [1.82, 2.24) is 14.9 Å². The van der Waals surface area contributed by atoms with Crippen LogP contribution in [0, 0.1) is 0 Å². The summed E-state index contributed by atoms with van der Waals surface area (Å²) in [5.74, 6) is 0.599. The first-order valence-electron chi connectivity index (χ1n) is 4.64. The third-order valence-corrected chi connectivity index (χ3v) is 2.44. The molecule has 1 heterocycles. The van der Waals surface area contributed by atoms with Crippen LogP contribution in [0.5, 0.6) is 0 Å². The SMILES string of the molecule is CN(Cc1nc2ccc(Cl)cc2[nH]1)C(=O)O. The van der Waals surface area contributed by atoms with Gasteiger partial charge in [0.2, 0.25) is 0 Å². The number of aromatic amines is 1. The second kappa shape index (κ2) is 4.02. The van der Waals surface area contributed by atoms with Crippen molar-refractivity contribution in [2.45, 2.75) is 6.54 Å². The minimum absolute atomic E-state index is 0.224. The van der Waals surface area contributed by atoms with E-state index in [-0.39, 0.29) is 6.54 Å². The average molecular weight is 240 g/mol. The van der Waals surface area contributed by atoms with Gasteiger partial charge in [0.25, 0.3) is 0 Å². The average Bonchev–Trinajstić information content (AvgIpc) is 2.58. The monoisotopic (exact) mass is 239 g/mol. The number of carbonyl (C=O) groups is 1. The highest BCUT2D eigenvalue weighted by Crippen LogP contribution is 2.17. The van der Waals surface area contributed by atoms with E-state index in [9.17, 15) is 4.79 Å². The van der Waals surface area contributed by atoms with Gasteiger partial charge in [-0.1, -0.05) is 11.6 Å². The third kappa shape index (κ3) is 2.09. The quantitative estimate of drug-likeness (QED) is 0.845. The molecular weight excluding hydrogens is 230 g/mol. The van der Waals surface area contributed by atoms with Crippen LogP contribution >= 0.6 is 11.6 Å². The number of aromatic nitrogens is 2. The molecule has 0 bridgehead atoms.